The molecular formula is C15H16F3NO. The van der Waals surface area contributed by atoms with Crippen molar-refractivity contribution in [2.45, 2.75) is 32.0 Å². The molecule has 1 saturated carbocycles. The van der Waals surface area contributed by atoms with Crippen LogP contribution in [0.15, 0.2) is 35.9 Å². The summed E-state index contributed by atoms with van der Waals surface area (Å²) in [5.41, 5.74) is 2.10. The van der Waals surface area contributed by atoms with Gasteiger partial charge in [-0.05, 0) is 18.4 Å². The summed E-state index contributed by atoms with van der Waals surface area (Å²) in [6.45, 7) is 1.97. The van der Waals surface area contributed by atoms with E-state index in [0.717, 1.165) is 17.6 Å². The van der Waals surface area contributed by atoms with E-state index in [-0.39, 0.29) is 12.0 Å². The smallest absolute Gasteiger partial charge is 0.345 e. The summed E-state index contributed by atoms with van der Waals surface area (Å²) in [6, 6.07) is 9.23. The van der Waals surface area contributed by atoms with Crippen molar-refractivity contribution >= 4 is 12.0 Å². The van der Waals surface area contributed by atoms with Crippen molar-refractivity contribution in [3.63, 3.8) is 0 Å². The lowest BCUT2D eigenvalue weighted by molar-refractivity contribution is -0.173. The van der Waals surface area contributed by atoms with Crippen LogP contribution in [-0.2, 0) is 4.79 Å². The van der Waals surface area contributed by atoms with Crippen LogP contribution < -0.4 is 5.32 Å². The lowest BCUT2D eigenvalue weighted by Gasteiger charge is -2.08. The van der Waals surface area contributed by atoms with Crippen LogP contribution in [0, 0.1) is 5.92 Å². The Bertz CT molecular complexity index is 508. The number of hydrogen-bond donors (Lipinski definition) is 1. The first-order valence-electron chi connectivity index (χ1n) is 6.55. The summed E-state index contributed by atoms with van der Waals surface area (Å²) in [4.78, 5) is 10.9. The second kappa shape index (κ2) is 5.69. The maximum absolute atomic E-state index is 12.2. The number of rotatable bonds is 4. The molecule has 1 aliphatic carbocycles. The van der Waals surface area contributed by atoms with Gasteiger partial charge in [-0.2, -0.15) is 13.2 Å². The highest BCUT2D eigenvalue weighted by molar-refractivity contribution is 5.82. The average molecular weight is 283 g/mol. The van der Waals surface area contributed by atoms with Crippen LogP contribution in [0.1, 0.15) is 25.3 Å². The van der Waals surface area contributed by atoms with E-state index in [9.17, 15) is 18.0 Å². The first kappa shape index (κ1) is 14.6. The second-order valence-corrected chi connectivity index (χ2v) is 4.90. The summed E-state index contributed by atoms with van der Waals surface area (Å²) < 4.78 is 36.5. The zero-order valence-corrected chi connectivity index (χ0v) is 11.1. The number of alkyl halides is 3. The topological polar surface area (TPSA) is 29.1 Å². The summed E-state index contributed by atoms with van der Waals surface area (Å²) in [6.07, 6.45) is -1.47. The Balaban J connectivity index is 1.99. The molecule has 0 saturated heterocycles. The Kier molecular flexibility index (Phi) is 4.16. The summed E-state index contributed by atoms with van der Waals surface area (Å²) >= 11 is 0. The zero-order chi connectivity index (χ0) is 14.8. The van der Waals surface area contributed by atoms with Gasteiger partial charge in [0.25, 0.3) is 0 Å². The molecule has 1 aromatic carbocycles. The summed E-state index contributed by atoms with van der Waals surface area (Å²) in [7, 11) is 0. The highest BCUT2D eigenvalue weighted by Gasteiger charge is 2.46. The maximum Gasteiger partial charge on any atom is 0.471 e. The molecule has 2 rings (SSSR count). The Morgan fingerprint density at radius 2 is 2.00 bits per heavy atom. The molecule has 0 unspecified atom stereocenters. The molecule has 0 aromatic heterocycles. The molecule has 20 heavy (non-hydrogen) atoms. The van der Waals surface area contributed by atoms with Crippen LogP contribution in [0.2, 0.25) is 0 Å². The molecule has 1 N–H and O–H groups in total. The van der Waals surface area contributed by atoms with Gasteiger partial charge in [-0.1, -0.05) is 48.9 Å². The van der Waals surface area contributed by atoms with Crippen LogP contribution in [0.3, 0.4) is 0 Å². The molecule has 1 aromatic rings. The van der Waals surface area contributed by atoms with Gasteiger partial charge in [-0.25, -0.2) is 0 Å². The fourth-order valence-electron chi connectivity index (χ4n) is 2.25. The molecule has 0 spiro atoms. The number of carbonyl (C=O) groups is 1. The molecule has 0 heterocycles. The van der Waals surface area contributed by atoms with Crippen molar-refractivity contribution in [2.24, 2.45) is 5.92 Å². The van der Waals surface area contributed by atoms with Gasteiger partial charge in [0.15, 0.2) is 0 Å². The number of carbonyl (C=O) groups excluding carboxylic acids is 1. The lowest BCUT2D eigenvalue weighted by atomic mass is 10.0. The first-order valence-corrected chi connectivity index (χ1v) is 6.55. The van der Waals surface area contributed by atoms with Crippen LogP contribution in [-0.4, -0.2) is 18.1 Å². The van der Waals surface area contributed by atoms with Gasteiger partial charge in [0.05, 0.1) is 0 Å². The molecule has 0 bridgehead atoms. The Morgan fingerprint density at radius 1 is 1.35 bits per heavy atom. The summed E-state index contributed by atoms with van der Waals surface area (Å²) in [5.74, 6) is -1.83. The average Bonchev–Trinajstić information content (AvgIpc) is 3.15. The van der Waals surface area contributed by atoms with Gasteiger partial charge in [0.1, 0.15) is 0 Å². The minimum absolute atomic E-state index is 0.0199. The van der Waals surface area contributed by atoms with Crippen molar-refractivity contribution in [1.29, 1.82) is 0 Å². The Labute approximate surface area is 115 Å². The third kappa shape index (κ3) is 3.62. The molecule has 1 amide bonds. The second-order valence-electron chi connectivity index (χ2n) is 4.90. The minimum Gasteiger partial charge on any atom is -0.345 e. The molecule has 108 valence electrons. The lowest BCUT2D eigenvalue weighted by Crippen LogP contribution is -2.38. The SMILES string of the molecule is CC/C(=C\c1ccccc1)[C@@H]1C[C@H]1NC(=O)C(F)(F)F. The highest BCUT2D eigenvalue weighted by Crippen LogP contribution is 2.40. The summed E-state index contributed by atoms with van der Waals surface area (Å²) in [5, 5.41) is 2.04. The Morgan fingerprint density at radius 3 is 2.55 bits per heavy atom. The third-order valence-electron chi connectivity index (χ3n) is 3.40. The molecule has 2 nitrogen and oxygen atoms in total. The number of amides is 1. The molecule has 2 atom stereocenters. The van der Waals surface area contributed by atoms with E-state index in [1.807, 2.05) is 48.6 Å². The molecular weight excluding hydrogens is 267 g/mol. The normalized spacial score (nSPS) is 22.5. The van der Waals surface area contributed by atoms with E-state index in [0.29, 0.717) is 6.42 Å². The van der Waals surface area contributed by atoms with Gasteiger partial charge < -0.3 is 5.32 Å². The predicted octanol–water partition coefficient (Wildman–Crippen LogP) is 3.55. The van der Waals surface area contributed by atoms with Crippen LogP contribution in [0.4, 0.5) is 13.2 Å². The van der Waals surface area contributed by atoms with Crippen molar-refractivity contribution in [1.82, 2.24) is 5.32 Å². The maximum atomic E-state index is 12.2. The van der Waals surface area contributed by atoms with Gasteiger partial charge >= 0.3 is 12.1 Å². The van der Waals surface area contributed by atoms with E-state index < -0.39 is 12.1 Å². The monoisotopic (exact) mass is 283 g/mol. The van der Waals surface area contributed by atoms with Crippen LogP contribution in [0.25, 0.3) is 6.08 Å². The van der Waals surface area contributed by atoms with E-state index >= 15 is 0 Å². The molecule has 1 fully saturated rings. The van der Waals surface area contributed by atoms with Crippen LogP contribution in [0.5, 0.6) is 0 Å². The minimum atomic E-state index is -4.80. The Hall–Kier alpha value is -1.78. The van der Waals surface area contributed by atoms with E-state index in [2.05, 4.69) is 0 Å². The van der Waals surface area contributed by atoms with Crippen molar-refractivity contribution in [3.8, 4) is 0 Å². The number of nitrogens with one attached hydrogen (secondary N) is 1. The van der Waals surface area contributed by atoms with Crippen molar-refractivity contribution in [3.05, 3.63) is 41.5 Å². The number of hydrogen-bond acceptors (Lipinski definition) is 1. The fraction of sp³-hybridized carbons (Fsp3) is 0.400. The predicted molar refractivity (Wildman–Crippen MR) is 70.8 cm³/mol. The fourth-order valence-corrected chi connectivity index (χ4v) is 2.25. The number of halogens is 3. The van der Waals surface area contributed by atoms with Gasteiger partial charge in [0.2, 0.25) is 0 Å². The highest BCUT2D eigenvalue weighted by atomic mass is 19.4. The first-order chi connectivity index (χ1) is 9.41. The van der Waals surface area contributed by atoms with Crippen molar-refractivity contribution in [2.75, 3.05) is 0 Å². The number of benzene rings is 1. The molecule has 5 heteroatoms. The van der Waals surface area contributed by atoms with E-state index in [1.165, 1.54) is 0 Å². The van der Waals surface area contributed by atoms with E-state index in [4.69, 9.17) is 0 Å². The zero-order valence-electron chi connectivity index (χ0n) is 11.1. The molecule has 0 aliphatic heterocycles. The quantitative estimate of drug-likeness (QED) is 0.899. The standard InChI is InChI=1S/C15H16F3NO/c1-2-11(8-10-6-4-3-5-7-10)12-9-13(12)19-14(20)15(16,17)18/h3-8,12-13H,2,9H2,1H3,(H,19,20)/b11-8+/t12-,13+/m0/s1. The van der Waals surface area contributed by atoms with E-state index in [1.54, 1.807) is 0 Å². The van der Waals surface area contributed by atoms with Gasteiger partial charge in [0, 0.05) is 12.0 Å². The van der Waals surface area contributed by atoms with Gasteiger partial charge in [-0.3, -0.25) is 4.79 Å². The van der Waals surface area contributed by atoms with Gasteiger partial charge in [-0.15, -0.1) is 0 Å². The van der Waals surface area contributed by atoms with Crippen molar-refractivity contribution < 1.29 is 18.0 Å². The largest absolute Gasteiger partial charge is 0.471 e. The third-order valence-corrected chi connectivity index (χ3v) is 3.40. The molecule has 0 radical (unpaired) electrons. The molecule has 1 aliphatic rings. The van der Waals surface area contributed by atoms with Crippen LogP contribution >= 0.6 is 0 Å².